The molecule has 1 aliphatic carbocycles. The van der Waals surface area contributed by atoms with Crippen molar-refractivity contribution < 1.29 is 4.79 Å². The number of hydrogen-bond donors (Lipinski definition) is 1. The normalized spacial score (nSPS) is 28.6. The van der Waals surface area contributed by atoms with E-state index < -0.39 is 0 Å². The maximum Gasteiger partial charge on any atom is 0.259 e. The lowest BCUT2D eigenvalue weighted by Gasteiger charge is -2.42. The van der Waals surface area contributed by atoms with Crippen LogP contribution in [0.15, 0.2) is 6.20 Å². The minimum absolute atomic E-state index is 0.0621. The number of carbonyl (C=O) groups excluding carboxylic acids is 1. The quantitative estimate of drug-likeness (QED) is 0.884. The summed E-state index contributed by atoms with van der Waals surface area (Å²) in [5.74, 6) is 1.75. The largest absolute Gasteiger partial charge is 0.366 e. The third kappa shape index (κ3) is 3.48. The highest BCUT2D eigenvalue weighted by atomic mass is 16.2. The van der Waals surface area contributed by atoms with Gasteiger partial charge in [-0.1, -0.05) is 19.3 Å². The van der Waals surface area contributed by atoms with Crippen molar-refractivity contribution >= 4 is 11.7 Å². The number of hydrogen-bond acceptors (Lipinski definition) is 4. The van der Waals surface area contributed by atoms with Gasteiger partial charge in [0.05, 0.1) is 11.7 Å². The van der Waals surface area contributed by atoms with Crippen LogP contribution >= 0.6 is 0 Å². The third-order valence-electron chi connectivity index (χ3n) is 7.07. The summed E-state index contributed by atoms with van der Waals surface area (Å²) < 4.78 is 2.05. The summed E-state index contributed by atoms with van der Waals surface area (Å²) in [4.78, 5) is 17.5. The van der Waals surface area contributed by atoms with E-state index in [4.69, 9.17) is 0 Å². The average molecular weight is 374 g/mol. The van der Waals surface area contributed by atoms with E-state index in [1.807, 2.05) is 16.6 Å². The van der Waals surface area contributed by atoms with Gasteiger partial charge in [0.25, 0.3) is 5.91 Å². The van der Waals surface area contributed by atoms with E-state index in [-0.39, 0.29) is 11.4 Å². The molecule has 1 aromatic heterocycles. The molecule has 1 N–H and O–H groups in total. The van der Waals surface area contributed by atoms with Gasteiger partial charge in [0.2, 0.25) is 0 Å². The first-order chi connectivity index (χ1) is 12.9. The lowest BCUT2D eigenvalue weighted by Crippen LogP contribution is -2.46. The first kappa shape index (κ1) is 18.8. The fraction of sp³-hybridized carbons (Fsp3) is 0.810. The Kier molecular flexibility index (Phi) is 4.95. The summed E-state index contributed by atoms with van der Waals surface area (Å²) in [6.07, 6.45) is 10.6. The summed E-state index contributed by atoms with van der Waals surface area (Å²) in [6, 6.07) is 0.739. The zero-order valence-electron chi connectivity index (χ0n) is 17.4. The number of likely N-dealkylation sites (tertiary alicyclic amines) is 1. The van der Waals surface area contributed by atoms with E-state index in [1.54, 1.807) is 6.20 Å². The molecular formula is C21H35N5O. The molecule has 150 valence electrons. The van der Waals surface area contributed by atoms with Gasteiger partial charge in [0.15, 0.2) is 0 Å². The van der Waals surface area contributed by atoms with Crippen LogP contribution in [0.3, 0.4) is 0 Å². The number of aromatic nitrogens is 2. The van der Waals surface area contributed by atoms with Crippen molar-refractivity contribution in [2.24, 2.45) is 5.92 Å². The Morgan fingerprint density at radius 1 is 1.26 bits per heavy atom. The highest BCUT2D eigenvalue weighted by molar-refractivity contribution is 5.99. The lowest BCUT2D eigenvalue weighted by atomic mass is 9.78. The van der Waals surface area contributed by atoms with Crippen molar-refractivity contribution in [1.29, 1.82) is 0 Å². The van der Waals surface area contributed by atoms with E-state index in [0.29, 0.717) is 18.0 Å². The predicted octanol–water partition coefficient (Wildman–Crippen LogP) is 3.16. The maximum absolute atomic E-state index is 13.3. The number of anilines is 1. The number of nitrogens with zero attached hydrogens (tertiary/aromatic N) is 4. The van der Waals surface area contributed by atoms with E-state index in [1.165, 1.54) is 32.1 Å². The Balaban J connectivity index is 1.58. The molecule has 0 bridgehead atoms. The van der Waals surface area contributed by atoms with Crippen LogP contribution in [0.4, 0.5) is 5.82 Å². The first-order valence-electron chi connectivity index (χ1n) is 10.7. The van der Waals surface area contributed by atoms with Crippen molar-refractivity contribution in [3.63, 3.8) is 0 Å². The molecule has 0 spiro atoms. The molecule has 4 rings (SSSR count). The summed E-state index contributed by atoms with van der Waals surface area (Å²) in [6.45, 7) is 6.52. The van der Waals surface area contributed by atoms with Gasteiger partial charge in [-0.25, -0.2) is 4.68 Å². The van der Waals surface area contributed by atoms with Gasteiger partial charge < -0.3 is 15.1 Å². The Hall–Kier alpha value is -1.56. The molecule has 0 aromatic carbocycles. The smallest absolute Gasteiger partial charge is 0.259 e. The van der Waals surface area contributed by atoms with Crippen molar-refractivity contribution in [2.75, 3.05) is 32.5 Å². The van der Waals surface area contributed by atoms with Crippen molar-refractivity contribution in [3.05, 3.63) is 11.8 Å². The van der Waals surface area contributed by atoms with Crippen molar-refractivity contribution in [2.45, 2.75) is 76.4 Å². The maximum atomic E-state index is 13.3. The van der Waals surface area contributed by atoms with E-state index >= 15 is 0 Å². The van der Waals surface area contributed by atoms with E-state index in [9.17, 15) is 4.79 Å². The van der Waals surface area contributed by atoms with Crippen molar-refractivity contribution in [3.8, 4) is 0 Å². The van der Waals surface area contributed by atoms with Crippen LogP contribution < -0.4 is 5.32 Å². The highest BCUT2D eigenvalue weighted by Gasteiger charge is 2.40. The molecule has 1 amide bonds. The average Bonchev–Trinajstić information content (AvgIpc) is 3.27. The molecule has 1 aromatic rings. The topological polar surface area (TPSA) is 53.4 Å². The summed E-state index contributed by atoms with van der Waals surface area (Å²) >= 11 is 0. The number of likely N-dealkylation sites (N-methyl/N-ethyl adjacent to an activating group) is 2. The number of carbonyl (C=O) groups is 1. The van der Waals surface area contributed by atoms with Crippen LogP contribution in [0, 0.1) is 5.92 Å². The first-order valence-corrected chi connectivity index (χ1v) is 10.7. The number of rotatable bonds is 3. The molecule has 2 atom stereocenters. The summed E-state index contributed by atoms with van der Waals surface area (Å²) in [5, 5.41) is 8.38. The molecular weight excluding hydrogens is 338 g/mol. The minimum atomic E-state index is -0.0621. The zero-order valence-corrected chi connectivity index (χ0v) is 17.4. The second-order valence-electron chi connectivity index (χ2n) is 9.60. The molecule has 2 fully saturated rings. The standard InChI is InChI=1S/C21H35N5O/c1-21(2)12-18(15-8-6-5-7-9-15)23-19-17(13-22-26(19)21)20(27)25(4)16-10-11-24(3)14-16/h13,15-16,18,23H,5-12,14H2,1-4H3. The second-order valence-corrected chi connectivity index (χ2v) is 9.60. The van der Waals surface area contributed by atoms with Gasteiger partial charge >= 0.3 is 0 Å². The third-order valence-corrected chi connectivity index (χ3v) is 7.07. The van der Waals surface area contributed by atoms with E-state index in [0.717, 1.165) is 37.3 Å². The number of fused-ring (bicyclic) bond motifs is 1. The monoisotopic (exact) mass is 373 g/mol. The van der Waals surface area contributed by atoms with Gasteiger partial charge in [-0.3, -0.25) is 4.79 Å². The van der Waals surface area contributed by atoms with Crippen LogP contribution in [-0.4, -0.2) is 64.8 Å². The van der Waals surface area contributed by atoms with Gasteiger partial charge in [-0.05, 0) is 59.0 Å². The molecule has 2 unspecified atom stereocenters. The molecule has 3 heterocycles. The summed E-state index contributed by atoms with van der Waals surface area (Å²) in [5.41, 5.74) is 0.675. The Morgan fingerprint density at radius 3 is 2.67 bits per heavy atom. The molecule has 0 radical (unpaired) electrons. The molecule has 6 nitrogen and oxygen atoms in total. The van der Waals surface area contributed by atoms with Crippen LogP contribution in [0.1, 0.15) is 69.2 Å². The molecule has 27 heavy (non-hydrogen) atoms. The van der Waals surface area contributed by atoms with Crippen LogP contribution in [-0.2, 0) is 5.54 Å². The Labute approximate surface area is 163 Å². The summed E-state index contributed by atoms with van der Waals surface area (Å²) in [7, 11) is 4.07. The fourth-order valence-corrected chi connectivity index (χ4v) is 5.36. The van der Waals surface area contributed by atoms with Crippen LogP contribution in [0.25, 0.3) is 0 Å². The zero-order chi connectivity index (χ0) is 19.2. The lowest BCUT2D eigenvalue weighted by molar-refractivity contribution is 0.0738. The molecule has 1 saturated carbocycles. The minimum Gasteiger partial charge on any atom is -0.366 e. The van der Waals surface area contributed by atoms with Gasteiger partial charge in [0, 0.05) is 25.7 Å². The molecule has 2 aliphatic heterocycles. The number of amides is 1. The van der Waals surface area contributed by atoms with E-state index in [2.05, 4.69) is 36.2 Å². The Morgan fingerprint density at radius 2 is 2.00 bits per heavy atom. The fourth-order valence-electron chi connectivity index (χ4n) is 5.36. The van der Waals surface area contributed by atoms with Gasteiger partial charge in [0.1, 0.15) is 11.4 Å². The highest BCUT2D eigenvalue weighted by Crippen LogP contribution is 2.40. The Bertz CT molecular complexity index is 691. The predicted molar refractivity (Wildman–Crippen MR) is 108 cm³/mol. The van der Waals surface area contributed by atoms with Crippen LogP contribution in [0.5, 0.6) is 0 Å². The SMILES string of the molecule is CN1CCC(N(C)C(=O)c2cnn3c2NC(C2CCCCC2)CC3(C)C)C1. The molecule has 6 heteroatoms. The second kappa shape index (κ2) is 7.12. The molecule has 1 saturated heterocycles. The van der Waals surface area contributed by atoms with Crippen LogP contribution in [0.2, 0.25) is 0 Å². The molecule has 3 aliphatic rings. The van der Waals surface area contributed by atoms with Gasteiger partial charge in [-0.15, -0.1) is 0 Å². The number of nitrogens with one attached hydrogen (secondary N) is 1. The van der Waals surface area contributed by atoms with Gasteiger partial charge in [-0.2, -0.15) is 5.10 Å². The van der Waals surface area contributed by atoms with Crippen molar-refractivity contribution in [1.82, 2.24) is 19.6 Å².